The van der Waals surface area contributed by atoms with Gasteiger partial charge in [0, 0.05) is 28.3 Å². The molecular weight excluding hydrogens is 302 g/mol. The van der Waals surface area contributed by atoms with E-state index in [0.29, 0.717) is 6.67 Å². The van der Waals surface area contributed by atoms with Crippen LogP contribution < -0.4 is 4.90 Å². The van der Waals surface area contributed by atoms with Gasteiger partial charge in [0.15, 0.2) is 12.1 Å². The van der Waals surface area contributed by atoms with Gasteiger partial charge in [0.2, 0.25) is 0 Å². The molecule has 2 aliphatic rings. The molecule has 23 heavy (non-hydrogen) atoms. The van der Waals surface area contributed by atoms with Crippen LogP contribution in [0, 0.1) is 0 Å². The molecule has 1 saturated heterocycles. The Bertz CT molecular complexity index is 604. The van der Waals surface area contributed by atoms with Crippen LogP contribution in [0.1, 0.15) is 11.9 Å². The van der Waals surface area contributed by atoms with Crippen molar-refractivity contribution in [3.05, 3.63) is 12.0 Å². The zero-order chi connectivity index (χ0) is 16.7. The number of aliphatic imine (C=N–C) groups is 1. The third-order valence-electron chi connectivity index (χ3n) is 4.38. The van der Waals surface area contributed by atoms with E-state index in [2.05, 4.69) is 9.98 Å². The van der Waals surface area contributed by atoms with E-state index in [9.17, 15) is 10.2 Å². The highest BCUT2D eigenvalue weighted by atomic mass is 16.6. The molecule has 9 heteroatoms. The van der Waals surface area contributed by atoms with Gasteiger partial charge in [-0.3, -0.25) is 9.56 Å². The molecular formula is C14H23N5O4. The minimum atomic E-state index is -0.899. The van der Waals surface area contributed by atoms with Crippen LogP contribution in [-0.2, 0) is 9.47 Å². The van der Waals surface area contributed by atoms with Crippen LogP contribution in [-0.4, -0.2) is 90.3 Å². The van der Waals surface area contributed by atoms with E-state index in [4.69, 9.17) is 9.47 Å². The fraction of sp³-hybridized carbons (Fsp3) is 0.714. The number of ether oxygens (including phenoxy) is 2. The first-order valence-corrected chi connectivity index (χ1v) is 7.46. The van der Waals surface area contributed by atoms with E-state index in [1.807, 2.05) is 28.5 Å². The molecule has 0 aliphatic carbocycles. The Morgan fingerprint density at radius 3 is 2.78 bits per heavy atom. The summed E-state index contributed by atoms with van der Waals surface area (Å²) in [4.78, 5) is 12.8. The summed E-state index contributed by atoms with van der Waals surface area (Å²) in [5.41, 5.74) is 0.754. The van der Waals surface area contributed by atoms with E-state index in [0.717, 1.165) is 17.3 Å². The fourth-order valence-corrected chi connectivity index (χ4v) is 3.33. The molecule has 9 nitrogen and oxygen atoms in total. The number of aliphatic hydroxyl groups excluding tert-OH is 2. The number of aromatic nitrogens is 2. The summed E-state index contributed by atoms with van der Waals surface area (Å²) in [5, 5.41) is 19.6. The van der Waals surface area contributed by atoms with Gasteiger partial charge in [-0.1, -0.05) is 0 Å². The Morgan fingerprint density at radius 1 is 1.43 bits per heavy atom. The van der Waals surface area contributed by atoms with Gasteiger partial charge in [0.05, 0.1) is 19.6 Å². The van der Waals surface area contributed by atoms with Gasteiger partial charge < -0.3 is 29.5 Å². The number of methoxy groups -OCH3 is 1. The molecule has 3 rings (SSSR count). The van der Waals surface area contributed by atoms with Crippen LogP contribution in [0.2, 0.25) is 0 Å². The van der Waals surface area contributed by atoms with Gasteiger partial charge in [-0.05, 0) is 0 Å². The number of anilines is 1. The summed E-state index contributed by atoms with van der Waals surface area (Å²) >= 11 is 0. The lowest BCUT2D eigenvalue weighted by atomic mass is 10.1. The Labute approximate surface area is 134 Å². The van der Waals surface area contributed by atoms with Gasteiger partial charge in [-0.2, -0.15) is 0 Å². The largest absolute Gasteiger partial charge is 0.394 e. The average molecular weight is 325 g/mol. The minimum Gasteiger partial charge on any atom is -0.394 e. The molecule has 1 aromatic heterocycles. The van der Waals surface area contributed by atoms with E-state index in [1.165, 1.54) is 7.11 Å². The highest BCUT2D eigenvalue weighted by molar-refractivity contribution is 6.02. The summed E-state index contributed by atoms with van der Waals surface area (Å²) in [6.07, 6.45) is -1.06. The fourth-order valence-electron chi connectivity index (χ4n) is 3.33. The third-order valence-corrected chi connectivity index (χ3v) is 4.38. The van der Waals surface area contributed by atoms with E-state index < -0.39 is 24.5 Å². The monoisotopic (exact) mass is 325 g/mol. The van der Waals surface area contributed by atoms with Crippen LogP contribution in [0.3, 0.4) is 0 Å². The van der Waals surface area contributed by atoms with Crippen molar-refractivity contribution in [2.24, 2.45) is 4.99 Å². The van der Waals surface area contributed by atoms with Gasteiger partial charge in [-0.25, -0.2) is 4.98 Å². The number of hydrogen-bond acceptors (Lipinski definition) is 7. The predicted octanol–water partition coefficient (Wildman–Crippen LogP) is -1.14. The second-order valence-electron chi connectivity index (χ2n) is 5.85. The van der Waals surface area contributed by atoms with Crippen LogP contribution in [0.15, 0.2) is 11.3 Å². The summed E-state index contributed by atoms with van der Waals surface area (Å²) in [7, 11) is 7.16. The summed E-state index contributed by atoms with van der Waals surface area (Å²) in [6.45, 7) is 0.385. The molecule has 0 saturated carbocycles. The van der Waals surface area contributed by atoms with Crippen molar-refractivity contribution in [1.29, 1.82) is 0 Å². The van der Waals surface area contributed by atoms with Gasteiger partial charge in [-0.15, -0.1) is 0 Å². The average Bonchev–Trinajstić information content (AvgIpc) is 3.08. The number of amidine groups is 1. The van der Waals surface area contributed by atoms with Crippen molar-refractivity contribution in [1.82, 2.24) is 14.5 Å². The van der Waals surface area contributed by atoms with Crippen molar-refractivity contribution < 1.29 is 19.7 Å². The van der Waals surface area contributed by atoms with Crippen LogP contribution in [0.25, 0.3) is 0 Å². The van der Waals surface area contributed by atoms with Crippen LogP contribution in [0.4, 0.5) is 5.82 Å². The zero-order valence-electron chi connectivity index (χ0n) is 13.7. The molecule has 1 aromatic rings. The maximum Gasteiger partial charge on any atom is 0.166 e. The third kappa shape index (κ3) is 2.40. The molecule has 2 N–H and O–H groups in total. The van der Waals surface area contributed by atoms with Crippen molar-refractivity contribution in [3.8, 4) is 0 Å². The van der Waals surface area contributed by atoms with Crippen LogP contribution >= 0.6 is 0 Å². The van der Waals surface area contributed by atoms with Gasteiger partial charge in [0.1, 0.15) is 29.8 Å². The SMILES string of the molecule is CN=C1c2ncn([C@@H]3O[C@H](CO)[C@@H](O)[C@H]3OC)c2N(C)CN1C. The number of fused-ring (bicyclic) bond motifs is 1. The molecule has 3 heterocycles. The molecule has 128 valence electrons. The van der Waals surface area contributed by atoms with Crippen molar-refractivity contribution in [2.45, 2.75) is 24.5 Å². The van der Waals surface area contributed by atoms with Crippen LogP contribution in [0.5, 0.6) is 0 Å². The van der Waals surface area contributed by atoms with Gasteiger partial charge in [0.25, 0.3) is 0 Å². The smallest absolute Gasteiger partial charge is 0.166 e. The molecule has 0 bridgehead atoms. The Kier molecular flexibility index (Phi) is 4.28. The number of nitrogens with zero attached hydrogens (tertiary/aromatic N) is 5. The second-order valence-corrected chi connectivity index (χ2v) is 5.85. The summed E-state index contributed by atoms with van der Waals surface area (Å²) < 4.78 is 13.0. The lowest BCUT2D eigenvalue weighted by Crippen LogP contribution is -2.44. The number of imidazole rings is 1. The first-order chi connectivity index (χ1) is 11.0. The second kappa shape index (κ2) is 6.08. The molecule has 2 aliphatic heterocycles. The first kappa shape index (κ1) is 16.2. The maximum atomic E-state index is 10.2. The number of hydrogen-bond donors (Lipinski definition) is 2. The quantitative estimate of drug-likeness (QED) is 0.725. The maximum absolute atomic E-state index is 10.2. The number of rotatable bonds is 3. The molecule has 0 spiro atoms. The molecule has 1 fully saturated rings. The Hall–Kier alpha value is -1.68. The molecule has 4 atom stereocenters. The van der Waals surface area contributed by atoms with Crippen molar-refractivity contribution in [2.75, 3.05) is 46.4 Å². The zero-order valence-corrected chi connectivity index (χ0v) is 13.7. The number of aliphatic hydroxyl groups is 2. The lowest BCUT2D eigenvalue weighted by molar-refractivity contribution is -0.0595. The predicted molar refractivity (Wildman–Crippen MR) is 83.5 cm³/mol. The minimum absolute atomic E-state index is 0.269. The Morgan fingerprint density at radius 2 is 2.17 bits per heavy atom. The first-order valence-electron chi connectivity index (χ1n) is 7.46. The van der Waals surface area contributed by atoms with Crippen molar-refractivity contribution in [3.63, 3.8) is 0 Å². The molecule has 0 amide bonds. The normalized spacial score (nSPS) is 32.7. The van der Waals surface area contributed by atoms with Gasteiger partial charge >= 0.3 is 0 Å². The summed E-state index contributed by atoms with van der Waals surface area (Å²) in [5.74, 6) is 1.64. The molecule has 0 unspecified atom stereocenters. The Balaban J connectivity index is 2.03. The summed E-state index contributed by atoms with van der Waals surface area (Å²) in [6, 6.07) is 0. The van der Waals surface area contributed by atoms with Crippen molar-refractivity contribution >= 4 is 11.7 Å². The lowest BCUT2D eigenvalue weighted by Gasteiger charge is -2.35. The topological polar surface area (TPSA) is 95.6 Å². The highest BCUT2D eigenvalue weighted by Gasteiger charge is 2.46. The standard InChI is InChI=1S/C14H23N5O4/c1-15-12-9-13(18(3)7-17(12)2)19(6-16-9)14-11(22-4)10(21)8(5-20)23-14/h6,8,10-11,14,20-21H,5,7H2,1-4H3/t8-,10-,11-,14-/m1/s1. The van der Waals surface area contributed by atoms with E-state index in [1.54, 1.807) is 13.4 Å². The highest BCUT2D eigenvalue weighted by Crippen LogP contribution is 2.36. The molecule has 0 aromatic carbocycles. The van der Waals surface area contributed by atoms with E-state index >= 15 is 0 Å². The molecule has 0 radical (unpaired) electrons. The van der Waals surface area contributed by atoms with E-state index in [-0.39, 0.29) is 6.61 Å².